The van der Waals surface area contributed by atoms with Crippen molar-refractivity contribution < 1.29 is 9.47 Å². The van der Waals surface area contributed by atoms with Crippen LogP contribution in [-0.2, 0) is 13.2 Å². The van der Waals surface area contributed by atoms with Gasteiger partial charge in [0.25, 0.3) is 0 Å². The first-order valence-electron chi connectivity index (χ1n) is 9.52. The third-order valence-corrected chi connectivity index (χ3v) is 5.61. The molecule has 2 heterocycles. The lowest BCUT2D eigenvalue weighted by Gasteiger charge is -2.13. The van der Waals surface area contributed by atoms with Gasteiger partial charge in [0.2, 0.25) is 0 Å². The molecule has 2 aromatic heterocycles. The second kappa shape index (κ2) is 8.18. The number of aromatic nitrogens is 2. The van der Waals surface area contributed by atoms with Crippen LogP contribution in [0.1, 0.15) is 22.5 Å². The van der Waals surface area contributed by atoms with Crippen LogP contribution in [-0.4, -0.2) is 16.7 Å². The van der Waals surface area contributed by atoms with Crippen LogP contribution in [0.2, 0.25) is 5.02 Å². The summed E-state index contributed by atoms with van der Waals surface area (Å²) in [6.07, 6.45) is 1.84. The number of para-hydroxylation sites is 1. The van der Waals surface area contributed by atoms with Crippen molar-refractivity contribution in [3.63, 3.8) is 0 Å². The number of fused-ring (bicyclic) bond motifs is 1. The number of ether oxygens (including phenoxy) is 2. The zero-order valence-corrected chi connectivity index (χ0v) is 17.5. The maximum absolute atomic E-state index is 6.24. The zero-order valence-electron chi connectivity index (χ0n) is 16.8. The highest BCUT2D eigenvalue weighted by Gasteiger charge is 2.16. The smallest absolute Gasteiger partial charge is 0.138 e. The minimum absolute atomic E-state index is 0.349. The molecule has 4 rings (SSSR count). The van der Waals surface area contributed by atoms with Crippen molar-refractivity contribution in [2.75, 3.05) is 7.11 Å². The van der Waals surface area contributed by atoms with Crippen molar-refractivity contribution in [2.24, 2.45) is 0 Å². The maximum Gasteiger partial charge on any atom is 0.138 e. The predicted molar refractivity (Wildman–Crippen MR) is 117 cm³/mol. The Morgan fingerprint density at radius 2 is 1.86 bits per heavy atom. The Bertz CT molecular complexity index is 1170. The summed E-state index contributed by atoms with van der Waals surface area (Å²) in [6.45, 7) is 5.38. The molecule has 0 atom stereocenters. The summed E-state index contributed by atoms with van der Waals surface area (Å²) in [5.74, 6) is 1.51. The summed E-state index contributed by atoms with van der Waals surface area (Å²) in [4.78, 5) is 4.63. The molecule has 0 spiro atoms. The van der Waals surface area contributed by atoms with Gasteiger partial charge in [0.15, 0.2) is 0 Å². The minimum Gasteiger partial charge on any atom is -0.497 e. The molecule has 0 aliphatic rings. The van der Waals surface area contributed by atoms with Gasteiger partial charge in [0.05, 0.1) is 17.6 Å². The number of aryl methyl sites for hydroxylation is 1. The van der Waals surface area contributed by atoms with E-state index in [1.54, 1.807) is 7.11 Å². The summed E-state index contributed by atoms with van der Waals surface area (Å²) in [6, 6.07) is 17.7. The fraction of sp³-hybridized carbons (Fsp3) is 0.208. The number of hydrogen-bond acceptors (Lipinski definition) is 3. The van der Waals surface area contributed by atoms with Crippen molar-refractivity contribution in [1.29, 1.82) is 0 Å². The van der Waals surface area contributed by atoms with Crippen LogP contribution in [0.5, 0.6) is 11.5 Å². The second-order valence-electron chi connectivity index (χ2n) is 7.02. The Morgan fingerprint density at radius 1 is 1.03 bits per heavy atom. The summed E-state index contributed by atoms with van der Waals surface area (Å²) >= 11 is 6.24. The van der Waals surface area contributed by atoms with Crippen molar-refractivity contribution in [3.8, 4) is 11.5 Å². The monoisotopic (exact) mass is 406 g/mol. The molecule has 29 heavy (non-hydrogen) atoms. The molecule has 0 aliphatic carbocycles. The molecule has 2 aromatic carbocycles. The van der Waals surface area contributed by atoms with E-state index in [9.17, 15) is 0 Å². The molecule has 0 N–H and O–H groups in total. The van der Waals surface area contributed by atoms with E-state index in [1.807, 2.05) is 42.6 Å². The fourth-order valence-electron chi connectivity index (χ4n) is 3.63. The number of benzene rings is 2. The van der Waals surface area contributed by atoms with E-state index in [1.165, 1.54) is 22.2 Å². The first-order chi connectivity index (χ1) is 14.1. The van der Waals surface area contributed by atoms with Gasteiger partial charge in [-0.25, -0.2) is 0 Å². The normalized spacial score (nSPS) is 11.0. The molecule has 0 aliphatic heterocycles. The van der Waals surface area contributed by atoms with Crippen LogP contribution < -0.4 is 9.47 Å². The molecule has 0 unspecified atom stereocenters. The average molecular weight is 407 g/mol. The van der Waals surface area contributed by atoms with E-state index in [-0.39, 0.29) is 0 Å². The fourth-order valence-corrected chi connectivity index (χ4v) is 3.82. The van der Waals surface area contributed by atoms with Crippen LogP contribution in [0.4, 0.5) is 0 Å². The van der Waals surface area contributed by atoms with Gasteiger partial charge in [-0.3, -0.25) is 4.98 Å². The molecule has 0 amide bonds. The molecule has 5 heteroatoms. The van der Waals surface area contributed by atoms with Gasteiger partial charge in [-0.2, -0.15) is 0 Å². The number of rotatable bonds is 6. The molecule has 148 valence electrons. The Kier molecular flexibility index (Phi) is 5.45. The van der Waals surface area contributed by atoms with Gasteiger partial charge in [0.1, 0.15) is 23.8 Å². The number of halogens is 1. The molecule has 0 fully saturated rings. The third-order valence-electron chi connectivity index (χ3n) is 5.30. The third kappa shape index (κ3) is 3.81. The molecular formula is C24H23ClN2O2. The standard InChI is InChI=1S/C24H23ClN2O2/c1-16-17(2)27(14-18-7-6-8-19(13-18)28-3)24-20(16)11-12-26-22(24)15-29-23-10-5-4-9-21(23)25/h4-13H,14-15H2,1-3H3. The predicted octanol–water partition coefficient (Wildman–Crippen LogP) is 5.94. The summed E-state index contributed by atoms with van der Waals surface area (Å²) < 4.78 is 13.7. The highest BCUT2D eigenvalue weighted by atomic mass is 35.5. The van der Waals surface area contributed by atoms with Crippen LogP contribution in [0.25, 0.3) is 10.9 Å². The van der Waals surface area contributed by atoms with E-state index in [2.05, 4.69) is 41.6 Å². The highest BCUT2D eigenvalue weighted by Crippen LogP contribution is 2.30. The quantitative estimate of drug-likeness (QED) is 0.397. The topological polar surface area (TPSA) is 36.3 Å². The van der Waals surface area contributed by atoms with Crippen molar-refractivity contribution in [1.82, 2.24) is 9.55 Å². The lowest BCUT2D eigenvalue weighted by Crippen LogP contribution is -2.07. The van der Waals surface area contributed by atoms with Crippen LogP contribution in [0, 0.1) is 13.8 Å². The van der Waals surface area contributed by atoms with Gasteiger partial charge in [-0.1, -0.05) is 35.9 Å². The van der Waals surface area contributed by atoms with Gasteiger partial charge in [-0.05, 0) is 55.3 Å². The van der Waals surface area contributed by atoms with Crippen LogP contribution in [0.3, 0.4) is 0 Å². The number of methoxy groups -OCH3 is 1. The highest BCUT2D eigenvalue weighted by molar-refractivity contribution is 6.32. The molecule has 4 nitrogen and oxygen atoms in total. The first-order valence-corrected chi connectivity index (χ1v) is 9.90. The van der Waals surface area contributed by atoms with Crippen LogP contribution in [0.15, 0.2) is 60.8 Å². The Hall–Kier alpha value is -2.98. The summed E-state index contributed by atoms with van der Waals surface area (Å²) in [5, 5.41) is 1.79. The van der Waals surface area contributed by atoms with Gasteiger partial charge in [-0.15, -0.1) is 0 Å². The Labute approximate surface area is 175 Å². The number of pyridine rings is 1. The molecule has 0 bridgehead atoms. The lowest BCUT2D eigenvalue weighted by atomic mass is 10.2. The summed E-state index contributed by atoms with van der Waals surface area (Å²) in [7, 11) is 1.69. The molecule has 0 saturated carbocycles. The Balaban J connectivity index is 1.74. The van der Waals surface area contributed by atoms with E-state index in [0.29, 0.717) is 17.4 Å². The largest absolute Gasteiger partial charge is 0.497 e. The zero-order chi connectivity index (χ0) is 20.4. The van der Waals surface area contributed by atoms with Gasteiger partial charge < -0.3 is 14.0 Å². The van der Waals surface area contributed by atoms with Crippen molar-refractivity contribution in [3.05, 3.63) is 88.3 Å². The Morgan fingerprint density at radius 3 is 2.66 bits per heavy atom. The van der Waals surface area contributed by atoms with E-state index in [0.717, 1.165) is 23.5 Å². The van der Waals surface area contributed by atoms with E-state index < -0.39 is 0 Å². The molecule has 0 radical (unpaired) electrons. The number of hydrogen-bond donors (Lipinski definition) is 0. The van der Waals surface area contributed by atoms with Gasteiger partial charge in [0, 0.05) is 23.8 Å². The molecular weight excluding hydrogens is 384 g/mol. The van der Waals surface area contributed by atoms with E-state index in [4.69, 9.17) is 21.1 Å². The second-order valence-corrected chi connectivity index (χ2v) is 7.43. The maximum atomic E-state index is 6.24. The van der Waals surface area contributed by atoms with Crippen LogP contribution >= 0.6 is 11.6 Å². The lowest BCUT2D eigenvalue weighted by molar-refractivity contribution is 0.302. The molecule has 0 saturated heterocycles. The SMILES string of the molecule is COc1cccc(Cn2c(C)c(C)c3ccnc(COc4ccccc4Cl)c32)c1. The number of nitrogens with zero attached hydrogens (tertiary/aromatic N) is 2. The van der Waals surface area contributed by atoms with Gasteiger partial charge >= 0.3 is 0 Å². The molecule has 4 aromatic rings. The first kappa shape index (κ1) is 19.3. The summed E-state index contributed by atoms with van der Waals surface area (Å²) in [5.41, 5.74) is 5.63. The van der Waals surface area contributed by atoms with E-state index >= 15 is 0 Å². The van der Waals surface area contributed by atoms with Crippen molar-refractivity contribution >= 4 is 22.5 Å². The van der Waals surface area contributed by atoms with Crippen molar-refractivity contribution in [2.45, 2.75) is 27.0 Å². The average Bonchev–Trinajstić information content (AvgIpc) is 2.99. The minimum atomic E-state index is 0.349.